The zero-order chi connectivity index (χ0) is 25.2. The predicted molar refractivity (Wildman–Crippen MR) is 122 cm³/mol. The van der Waals surface area contributed by atoms with E-state index in [4.69, 9.17) is 0 Å². The molecule has 10 heteroatoms. The number of carbonyl (C=O) groups excluding carboxylic acids is 1. The van der Waals surface area contributed by atoms with Gasteiger partial charge in [-0.25, -0.2) is 12.8 Å². The number of amides is 1. The van der Waals surface area contributed by atoms with E-state index in [0.717, 1.165) is 40.7 Å². The average molecular weight is 505 g/mol. The number of rotatable bonds is 6. The Morgan fingerprint density at radius 1 is 0.971 bits per heavy atom. The zero-order valence-corrected chi connectivity index (χ0v) is 19.0. The van der Waals surface area contributed by atoms with Gasteiger partial charge in [0, 0.05) is 13.1 Å². The van der Waals surface area contributed by atoms with Crippen molar-refractivity contribution in [1.82, 2.24) is 9.62 Å². The summed E-state index contributed by atoms with van der Waals surface area (Å²) in [5.41, 5.74) is 1.20. The maximum atomic E-state index is 13.2. The third-order valence-electron chi connectivity index (χ3n) is 5.54. The normalized spacial score (nSPS) is 16.4. The molecule has 1 amide bonds. The van der Waals surface area contributed by atoms with Crippen LogP contribution in [0.25, 0.3) is 11.1 Å². The van der Waals surface area contributed by atoms with Gasteiger partial charge >= 0.3 is 6.18 Å². The monoisotopic (exact) mass is 504 g/mol. The molecule has 1 aliphatic rings. The third-order valence-corrected chi connectivity index (χ3v) is 7.40. The van der Waals surface area contributed by atoms with Crippen LogP contribution in [0.5, 0.6) is 0 Å². The van der Waals surface area contributed by atoms with Crippen molar-refractivity contribution in [2.24, 2.45) is 0 Å². The van der Waals surface area contributed by atoms with E-state index in [1.807, 2.05) is 0 Å². The lowest BCUT2D eigenvalue weighted by Gasteiger charge is -2.23. The summed E-state index contributed by atoms with van der Waals surface area (Å²) in [7, 11) is -4.03. The SMILES string of the molecule is O=C(NCc1cccc(-c2ccc(C(F)(F)F)cc2)c1)C1C=CCN1S(=O)(=O)c1ccc(F)cc1. The fourth-order valence-corrected chi connectivity index (χ4v) is 5.22. The Balaban J connectivity index is 1.45. The summed E-state index contributed by atoms with van der Waals surface area (Å²) in [6.07, 6.45) is -1.37. The quantitative estimate of drug-likeness (QED) is 0.389. The molecule has 0 saturated carbocycles. The van der Waals surface area contributed by atoms with Crippen LogP contribution in [0.3, 0.4) is 0 Å². The predicted octanol–water partition coefficient (Wildman–Crippen LogP) is 4.76. The first kappa shape index (κ1) is 24.6. The molecule has 1 N–H and O–H groups in total. The van der Waals surface area contributed by atoms with Gasteiger partial charge in [-0.3, -0.25) is 4.79 Å². The molecule has 5 nitrogen and oxygen atoms in total. The summed E-state index contributed by atoms with van der Waals surface area (Å²) in [5, 5.41) is 2.71. The van der Waals surface area contributed by atoms with Crippen molar-refractivity contribution in [3.05, 3.63) is 102 Å². The fourth-order valence-electron chi connectivity index (χ4n) is 3.72. The first-order valence-electron chi connectivity index (χ1n) is 10.5. The highest BCUT2D eigenvalue weighted by Crippen LogP contribution is 2.31. The van der Waals surface area contributed by atoms with Gasteiger partial charge in [0.2, 0.25) is 15.9 Å². The van der Waals surface area contributed by atoms with Crippen molar-refractivity contribution < 1.29 is 30.8 Å². The van der Waals surface area contributed by atoms with Crippen molar-refractivity contribution in [2.45, 2.75) is 23.7 Å². The van der Waals surface area contributed by atoms with E-state index in [1.54, 1.807) is 30.3 Å². The smallest absolute Gasteiger partial charge is 0.350 e. The topological polar surface area (TPSA) is 66.5 Å². The first-order chi connectivity index (χ1) is 16.6. The number of sulfonamides is 1. The Bertz CT molecular complexity index is 1350. The van der Waals surface area contributed by atoms with Gasteiger partial charge in [-0.1, -0.05) is 42.5 Å². The second-order valence-electron chi connectivity index (χ2n) is 7.89. The molecule has 4 rings (SSSR count). The molecule has 3 aromatic rings. The second kappa shape index (κ2) is 9.63. The fraction of sp³-hybridized carbons (Fsp3) is 0.160. The van der Waals surface area contributed by atoms with Crippen LogP contribution < -0.4 is 5.32 Å². The van der Waals surface area contributed by atoms with Gasteiger partial charge in [0.05, 0.1) is 10.5 Å². The third kappa shape index (κ3) is 5.44. The van der Waals surface area contributed by atoms with Crippen molar-refractivity contribution in [2.75, 3.05) is 6.54 Å². The zero-order valence-electron chi connectivity index (χ0n) is 18.2. The number of nitrogens with one attached hydrogen (secondary N) is 1. The minimum absolute atomic E-state index is 0.00119. The molecule has 0 radical (unpaired) electrons. The van der Waals surface area contributed by atoms with Crippen LogP contribution >= 0.6 is 0 Å². The lowest BCUT2D eigenvalue weighted by Crippen LogP contribution is -2.45. The van der Waals surface area contributed by atoms with Crippen molar-refractivity contribution in [3.8, 4) is 11.1 Å². The number of alkyl halides is 3. The summed E-state index contributed by atoms with van der Waals surface area (Å²) in [5.74, 6) is -1.11. The summed E-state index contributed by atoms with van der Waals surface area (Å²) in [6, 6.07) is 15.0. The Hall–Kier alpha value is -3.50. The highest BCUT2D eigenvalue weighted by molar-refractivity contribution is 7.89. The van der Waals surface area contributed by atoms with Crippen LogP contribution in [0.15, 0.2) is 89.8 Å². The van der Waals surface area contributed by atoms with E-state index in [2.05, 4.69) is 5.32 Å². The standard InChI is InChI=1S/C25H20F4N2O3S/c26-21-10-12-22(13-11-21)35(33,34)31-14-2-5-23(31)24(32)30-16-17-3-1-4-19(15-17)18-6-8-20(9-7-18)25(27,28)29/h1-13,15,23H,14,16H2,(H,30,32). The van der Waals surface area contributed by atoms with Crippen LogP contribution in [-0.2, 0) is 27.5 Å². The van der Waals surface area contributed by atoms with Crippen molar-refractivity contribution in [1.29, 1.82) is 0 Å². The number of hydrogen-bond donors (Lipinski definition) is 1. The lowest BCUT2D eigenvalue weighted by atomic mass is 10.0. The second-order valence-corrected chi connectivity index (χ2v) is 9.79. The summed E-state index contributed by atoms with van der Waals surface area (Å²) in [6.45, 7) is 0.0866. The molecular formula is C25H20F4N2O3S. The Labute approximate surface area is 199 Å². The Kier molecular flexibility index (Phi) is 6.77. The maximum absolute atomic E-state index is 13.2. The van der Waals surface area contributed by atoms with E-state index >= 15 is 0 Å². The molecule has 1 heterocycles. The van der Waals surface area contributed by atoms with Crippen LogP contribution in [-0.4, -0.2) is 31.2 Å². The largest absolute Gasteiger partial charge is 0.416 e. The van der Waals surface area contributed by atoms with Gasteiger partial charge in [-0.2, -0.15) is 17.5 Å². The Morgan fingerprint density at radius 2 is 1.66 bits per heavy atom. The van der Waals surface area contributed by atoms with E-state index in [-0.39, 0.29) is 18.0 Å². The number of carbonyl (C=O) groups is 1. The van der Waals surface area contributed by atoms with Crippen LogP contribution in [0.2, 0.25) is 0 Å². The van der Waals surface area contributed by atoms with Gasteiger partial charge in [0.15, 0.2) is 0 Å². The molecule has 0 bridgehead atoms. The lowest BCUT2D eigenvalue weighted by molar-refractivity contribution is -0.137. The molecule has 1 unspecified atom stereocenters. The van der Waals surface area contributed by atoms with E-state index in [9.17, 15) is 30.8 Å². The Morgan fingerprint density at radius 3 is 2.31 bits per heavy atom. The number of halogens is 4. The van der Waals surface area contributed by atoms with Crippen LogP contribution in [0, 0.1) is 5.82 Å². The van der Waals surface area contributed by atoms with Crippen LogP contribution in [0.4, 0.5) is 17.6 Å². The molecule has 0 saturated heterocycles. The maximum Gasteiger partial charge on any atom is 0.416 e. The minimum Gasteiger partial charge on any atom is -0.350 e. The summed E-state index contributed by atoms with van der Waals surface area (Å²) >= 11 is 0. The highest BCUT2D eigenvalue weighted by atomic mass is 32.2. The summed E-state index contributed by atoms with van der Waals surface area (Å²) < 4.78 is 78.5. The van der Waals surface area contributed by atoms with Gasteiger partial charge in [-0.05, 0) is 59.2 Å². The van der Waals surface area contributed by atoms with Gasteiger partial charge in [0.25, 0.3) is 0 Å². The molecule has 182 valence electrons. The molecule has 1 aliphatic heterocycles. The number of hydrogen-bond acceptors (Lipinski definition) is 3. The molecule has 3 aromatic carbocycles. The molecule has 0 spiro atoms. The van der Waals surface area contributed by atoms with Crippen LogP contribution in [0.1, 0.15) is 11.1 Å². The first-order valence-corrected chi connectivity index (χ1v) is 12.0. The molecule has 35 heavy (non-hydrogen) atoms. The van der Waals surface area contributed by atoms with Crippen molar-refractivity contribution in [3.63, 3.8) is 0 Å². The van der Waals surface area contributed by atoms with E-state index in [0.29, 0.717) is 16.7 Å². The van der Waals surface area contributed by atoms with Gasteiger partial charge in [-0.15, -0.1) is 0 Å². The van der Waals surface area contributed by atoms with Crippen molar-refractivity contribution >= 4 is 15.9 Å². The van der Waals surface area contributed by atoms with Gasteiger partial charge in [0.1, 0.15) is 11.9 Å². The number of nitrogens with zero attached hydrogens (tertiary/aromatic N) is 1. The van der Waals surface area contributed by atoms with E-state index < -0.39 is 39.5 Å². The molecular weight excluding hydrogens is 484 g/mol. The highest BCUT2D eigenvalue weighted by Gasteiger charge is 2.36. The molecule has 0 fully saturated rings. The van der Waals surface area contributed by atoms with Gasteiger partial charge < -0.3 is 5.32 Å². The van der Waals surface area contributed by atoms with E-state index in [1.165, 1.54) is 18.2 Å². The average Bonchev–Trinajstić information content (AvgIpc) is 3.34. The summed E-state index contributed by atoms with van der Waals surface area (Å²) in [4.78, 5) is 12.7. The molecule has 1 atom stereocenters. The minimum atomic E-state index is -4.42. The number of benzene rings is 3. The molecule has 0 aromatic heterocycles. The molecule has 0 aliphatic carbocycles.